The zero-order chi connectivity index (χ0) is 7.72. The molecule has 0 aromatic carbocycles. The normalized spacial score (nSPS) is 26.6. The maximum atomic E-state index is 11.1. The van der Waals surface area contributed by atoms with Crippen molar-refractivity contribution in [3.8, 4) is 0 Å². The second-order valence-electron chi connectivity index (χ2n) is 2.93. The van der Waals surface area contributed by atoms with Gasteiger partial charge in [0, 0.05) is 17.7 Å². The Labute approximate surface area is 66.1 Å². The molecule has 0 aromatic rings. The fourth-order valence-corrected chi connectivity index (χ4v) is 2.08. The molecule has 0 bridgehead atoms. The molecule has 1 amide bonds. The minimum atomic E-state index is 0.285. The molecule has 0 saturated carbocycles. The average Bonchev–Trinajstić information content (AvgIpc) is 2.10. The molecule has 0 aliphatic carbocycles. The second-order valence-corrected chi connectivity index (χ2v) is 4.34. The Hall–Kier alpha value is -0.180. The Balaban J connectivity index is 2.55. The van der Waals surface area contributed by atoms with Crippen LogP contribution in [0.5, 0.6) is 0 Å². The SMILES string of the molecule is CC1CC(=O)N(C(C)C)S1. The van der Waals surface area contributed by atoms with Crippen molar-refractivity contribution >= 4 is 17.9 Å². The minimum absolute atomic E-state index is 0.285. The topological polar surface area (TPSA) is 20.3 Å². The zero-order valence-corrected chi connectivity index (χ0v) is 7.44. The largest absolute Gasteiger partial charge is 0.284 e. The van der Waals surface area contributed by atoms with Gasteiger partial charge in [-0.15, -0.1) is 0 Å². The Morgan fingerprint density at radius 1 is 1.70 bits per heavy atom. The van der Waals surface area contributed by atoms with Gasteiger partial charge in [-0.3, -0.25) is 9.10 Å². The van der Waals surface area contributed by atoms with Crippen LogP contribution in [0.25, 0.3) is 0 Å². The number of hydrogen-bond acceptors (Lipinski definition) is 2. The summed E-state index contributed by atoms with van der Waals surface area (Å²) in [5.74, 6) is 0.285. The number of nitrogens with zero attached hydrogens (tertiary/aromatic N) is 1. The van der Waals surface area contributed by atoms with E-state index < -0.39 is 0 Å². The van der Waals surface area contributed by atoms with E-state index in [-0.39, 0.29) is 5.91 Å². The van der Waals surface area contributed by atoms with Crippen LogP contribution in [0.1, 0.15) is 27.2 Å². The first kappa shape index (κ1) is 7.92. The van der Waals surface area contributed by atoms with Gasteiger partial charge in [-0.1, -0.05) is 6.92 Å². The molecule has 3 heteroatoms. The maximum absolute atomic E-state index is 11.1. The van der Waals surface area contributed by atoms with Crippen LogP contribution in [-0.4, -0.2) is 21.5 Å². The number of carbonyl (C=O) groups is 1. The highest BCUT2D eigenvalue weighted by atomic mass is 32.2. The van der Waals surface area contributed by atoms with Crippen molar-refractivity contribution in [2.75, 3.05) is 0 Å². The molecule has 1 fully saturated rings. The van der Waals surface area contributed by atoms with Crippen molar-refractivity contribution in [1.29, 1.82) is 0 Å². The molecule has 10 heavy (non-hydrogen) atoms. The third kappa shape index (κ3) is 1.45. The van der Waals surface area contributed by atoms with Crippen molar-refractivity contribution < 1.29 is 4.79 Å². The van der Waals surface area contributed by atoms with Gasteiger partial charge in [-0.25, -0.2) is 0 Å². The molecular formula is C7H13NOS. The van der Waals surface area contributed by atoms with Crippen LogP contribution in [0, 0.1) is 0 Å². The van der Waals surface area contributed by atoms with Crippen LogP contribution in [0.4, 0.5) is 0 Å². The van der Waals surface area contributed by atoms with Gasteiger partial charge in [-0.05, 0) is 25.8 Å². The van der Waals surface area contributed by atoms with Gasteiger partial charge in [0.25, 0.3) is 0 Å². The first-order valence-electron chi connectivity index (χ1n) is 3.60. The molecule has 1 heterocycles. The van der Waals surface area contributed by atoms with E-state index in [4.69, 9.17) is 0 Å². The monoisotopic (exact) mass is 159 g/mol. The van der Waals surface area contributed by atoms with Gasteiger partial charge in [-0.2, -0.15) is 0 Å². The zero-order valence-electron chi connectivity index (χ0n) is 6.63. The number of carbonyl (C=O) groups excluding carboxylic acids is 1. The molecule has 1 rings (SSSR count). The Kier molecular flexibility index (Phi) is 2.24. The third-order valence-electron chi connectivity index (χ3n) is 1.47. The summed E-state index contributed by atoms with van der Waals surface area (Å²) in [7, 11) is 0. The van der Waals surface area contributed by atoms with E-state index in [9.17, 15) is 4.79 Å². The van der Waals surface area contributed by atoms with Crippen LogP contribution in [-0.2, 0) is 4.79 Å². The molecule has 1 saturated heterocycles. The Bertz CT molecular complexity index is 147. The van der Waals surface area contributed by atoms with Gasteiger partial charge in [0.1, 0.15) is 0 Å². The predicted octanol–water partition coefficient (Wildman–Crippen LogP) is 1.66. The van der Waals surface area contributed by atoms with Gasteiger partial charge in [0.05, 0.1) is 0 Å². The molecule has 1 atom stereocenters. The summed E-state index contributed by atoms with van der Waals surface area (Å²) in [6.07, 6.45) is 0.711. The summed E-state index contributed by atoms with van der Waals surface area (Å²) in [5.41, 5.74) is 0. The van der Waals surface area contributed by atoms with Gasteiger partial charge in [0.15, 0.2) is 0 Å². The Morgan fingerprint density at radius 2 is 2.30 bits per heavy atom. The summed E-state index contributed by atoms with van der Waals surface area (Å²) in [5, 5.41) is 0.481. The average molecular weight is 159 g/mol. The van der Waals surface area contributed by atoms with Gasteiger partial charge < -0.3 is 0 Å². The van der Waals surface area contributed by atoms with E-state index in [1.54, 1.807) is 11.9 Å². The molecule has 0 aromatic heterocycles. The fourth-order valence-electron chi connectivity index (χ4n) is 1.04. The molecular weight excluding hydrogens is 146 g/mol. The lowest BCUT2D eigenvalue weighted by Gasteiger charge is -2.18. The summed E-state index contributed by atoms with van der Waals surface area (Å²) < 4.78 is 1.87. The maximum Gasteiger partial charge on any atom is 0.233 e. The van der Waals surface area contributed by atoms with Crippen molar-refractivity contribution in [2.24, 2.45) is 0 Å². The second kappa shape index (κ2) is 2.82. The molecule has 0 N–H and O–H groups in total. The van der Waals surface area contributed by atoms with E-state index in [1.807, 2.05) is 18.2 Å². The van der Waals surface area contributed by atoms with E-state index in [1.165, 1.54) is 0 Å². The lowest BCUT2D eigenvalue weighted by atomic mass is 10.3. The van der Waals surface area contributed by atoms with E-state index in [0.29, 0.717) is 17.7 Å². The molecule has 1 aliphatic heterocycles. The summed E-state index contributed by atoms with van der Waals surface area (Å²) in [4.78, 5) is 11.1. The smallest absolute Gasteiger partial charge is 0.233 e. The van der Waals surface area contributed by atoms with Crippen molar-refractivity contribution in [3.05, 3.63) is 0 Å². The highest BCUT2D eigenvalue weighted by molar-refractivity contribution is 7.98. The molecule has 0 spiro atoms. The van der Waals surface area contributed by atoms with E-state index >= 15 is 0 Å². The highest BCUT2D eigenvalue weighted by Crippen LogP contribution is 2.30. The van der Waals surface area contributed by atoms with Crippen molar-refractivity contribution in [3.63, 3.8) is 0 Å². The number of hydrogen-bond donors (Lipinski definition) is 0. The summed E-state index contributed by atoms with van der Waals surface area (Å²) >= 11 is 1.67. The lowest BCUT2D eigenvalue weighted by Crippen LogP contribution is -2.25. The van der Waals surface area contributed by atoms with Crippen LogP contribution in [0.3, 0.4) is 0 Å². The van der Waals surface area contributed by atoms with Crippen LogP contribution in [0.2, 0.25) is 0 Å². The quantitative estimate of drug-likeness (QED) is 0.542. The lowest BCUT2D eigenvalue weighted by molar-refractivity contribution is -0.125. The van der Waals surface area contributed by atoms with Crippen LogP contribution >= 0.6 is 11.9 Å². The summed E-state index contributed by atoms with van der Waals surface area (Å²) in [6.45, 7) is 6.18. The molecule has 1 aliphatic rings. The van der Waals surface area contributed by atoms with Gasteiger partial charge >= 0.3 is 0 Å². The highest BCUT2D eigenvalue weighted by Gasteiger charge is 2.29. The van der Waals surface area contributed by atoms with E-state index in [0.717, 1.165) is 0 Å². The standard InChI is InChI=1S/C7H13NOS/c1-5(2)8-7(9)4-6(3)10-8/h5-6H,4H2,1-3H3. The van der Waals surface area contributed by atoms with Crippen molar-refractivity contribution in [1.82, 2.24) is 4.31 Å². The van der Waals surface area contributed by atoms with Gasteiger partial charge in [0.2, 0.25) is 5.91 Å². The third-order valence-corrected chi connectivity index (χ3v) is 2.85. The van der Waals surface area contributed by atoms with Crippen LogP contribution < -0.4 is 0 Å². The van der Waals surface area contributed by atoms with E-state index in [2.05, 4.69) is 6.92 Å². The Morgan fingerprint density at radius 3 is 2.50 bits per heavy atom. The fraction of sp³-hybridized carbons (Fsp3) is 0.857. The molecule has 0 radical (unpaired) electrons. The summed E-state index contributed by atoms with van der Waals surface area (Å²) in [6, 6.07) is 0.349. The first-order valence-corrected chi connectivity index (χ1v) is 4.43. The minimum Gasteiger partial charge on any atom is -0.284 e. The first-order chi connectivity index (χ1) is 4.61. The molecule has 58 valence electrons. The molecule has 2 nitrogen and oxygen atoms in total. The number of amides is 1. The van der Waals surface area contributed by atoms with Crippen molar-refractivity contribution in [2.45, 2.75) is 38.5 Å². The number of rotatable bonds is 1. The predicted molar refractivity (Wildman–Crippen MR) is 43.7 cm³/mol. The molecule has 1 unspecified atom stereocenters. The van der Waals surface area contributed by atoms with Crippen LogP contribution in [0.15, 0.2) is 0 Å².